The zero-order valence-corrected chi connectivity index (χ0v) is 13.4. The molecule has 4 nitrogen and oxygen atoms in total. The molecule has 0 atom stereocenters. The van der Waals surface area contributed by atoms with Gasteiger partial charge in [-0.3, -0.25) is 4.79 Å². The minimum Gasteiger partial charge on any atom is -0.453 e. The van der Waals surface area contributed by atoms with Gasteiger partial charge in [0.25, 0.3) is 0 Å². The molecule has 3 rings (SSSR count). The highest BCUT2D eigenvalue weighted by Crippen LogP contribution is 2.13. The van der Waals surface area contributed by atoms with Crippen molar-refractivity contribution in [3.8, 4) is 0 Å². The summed E-state index contributed by atoms with van der Waals surface area (Å²) in [4.78, 5) is 28.4. The minimum absolute atomic E-state index is 0.197. The molecule has 120 valence electrons. The van der Waals surface area contributed by atoms with Crippen LogP contribution in [0.4, 0.5) is 0 Å². The molecule has 3 aromatic rings. The number of fused-ring (bicyclic) bond motifs is 1. The molecule has 0 amide bonds. The number of hydrogen-bond acceptors (Lipinski definition) is 4. The van der Waals surface area contributed by atoms with E-state index in [0.29, 0.717) is 11.1 Å². The zero-order valence-electron chi connectivity index (χ0n) is 13.4. The maximum atomic E-state index is 12.1. The Morgan fingerprint density at radius 3 is 2.46 bits per heavy atom. The third-order valence-corrected chi connectivity index (χ3v) is 3.83. The third kappa shape index (κ3) is 3.49. The van der Waals surface area contributed by atoms with Crippen LogP contribution in [0.5, 0.6) is 0 Å². The largest absolute Gasteiger partial charge is 0.453 e. The van der Waals surface area contributed by atoms with E-state index in [4.69, 9.17) is 4.74 Å². The molecule has 0 saturated heterocycles. The van der Waals surface area contributed by atoms with Crippen LogP contribution in [-0.2, 0) is 11.2 Å². The Labute approximate surface area is 140 Å². The normalized spacial score (nSPS) is 10.5. The predicted molar refractivity (Wildman–Crippen MR) is 92.2 cm³/mol. The molecule has 0 aliphatic heterocycles. The van der Waals surface area contributed by atoms with Crippen LogP contribution in [0, 0.1) is 0 Å². The van der Waals surface area contributed by atoms with Gasteiger partial charge in [0.2, 0.25) is 0 Å². The van der Waals surface area contributed by atoms with Gasteiger partial charge in [-0.25, -0.2) is 9.78 Å². The molecule has 0 radical (unpaired) electrons. The molecular formula is C20H17NO3. The Morgan fingerprint density at radius 1 is 0.958 bits per heavy atom. The molecule has 0 bridgehead atoms. The summed E-state index contributed by atoms with van der Waals surface area (Å²) in [5.41, 5.74) is 2.60. The van der Waals surface area contributed by atoms with E-state index in [1.165, 1.54) is 0 Å². The average molecular weight is 319 g/mol. The van der Waals surface area contributed by atoms with Crippen molar-refractivity contribution in [1.29, 1.82) is 0 Å². The lowest BCUT2D eigenvalue weighted by Gasteiger charge is -2.05. The lowest BCUT2D eigenvalue weighted by molar-refractivity contribution is 0.0469. The van der Waals surface area contributed by atoms with Crippen molar-refractivity contribution in [2.75, 3.05) is 6.61 Å². The molecule has 0 spiro atoms. The summed E-state index contributed by atoms with van der Waals surface area (Å²) in [5, 5.41) is 0.946. The second-order valence-electron chi connectivity index (χ2n) is 5.44. The Balaban J connectivity index is 1.66. The number of nitrogens with zero attached hydrogens (tertiary/aromatic N) is 1. The van der Waals surface area contributed by atoms with Gasteiger partial charge in [-0.1, -0.05) is 55.5 Å². The fourth-order valence-electron chi connectivity index (χ4n) is 2.39. The van der Waals surface area contributed by atoms with Crippen LogP contribution in [0.1, 0.15) is 33.3 Å². The fraction of sp³-hybridized carbons (Fsp3) is 0.150. The summed E-state index contributed by atoms with van der Waals surface area (Å²) in [6, 6.07) is 18.2. The topological polar surface area (TPSA) is 56.3 Å². The Kier molecular flexibility index (Phi) is 4.66. The van der Waals surface area contributed by atoms with Crippen molar-refractivity contribution < 1.29 is 14.3 Å². The minimum atomic E-state index is -0.598. The monoisotopic (exact) mass is 319 g/mol. The SMILES string of the molecule is CCc1ccc(C(=O)COC(=O)c2ccc3ccccc3n2)cc1. The highest BCUT2D eigenvalue weighted by Gasteiger charge is 2.13. The third-order valence-electron chi connectivity index (χ3n) is 3.83. The number of aromatic nitrogens is 1. The van der Waals surface area contributed by atoms with Crippen LogP contribution in [0.25, 0.3) is 10.9 Å². The summed E-state index contributed by atoms with van der Waals surface area (Å²) in [6.45, 7) is 1.76. The molecule has 0 fully saturated rings. The zero-order chi connectivity index (χ0) is 16.9. The number of esters is 1. The van der Waals surface area contributed by atoms with Gasteiger partial charge in [-0.2, -0.15) is 0 Å². The van der Waals surface area contributed by atoms with Gasteiger partial charge in [0.1, 0.15) is 5.69 Å². The van der Waals surface area contributed by atoms with E-state index < -0.39 is 5.97 Å². The number of carbonyl (C=O) groups excluding carboxylic acids is 2. The number of ether oxygens (including phenoxy) is 1. The maximum absolute atomic E-state index is 12.1. The van der Waals surface area contributed by atoms with Gasteiger partial charge in [0.15, 0.2) is 12.4 Å². The van der Waals surface area contributed by atoms with Gasteiger partial charge >= 0.3 is 5.97 Å². The number of ketones is 1. The number of aryl methyl sites for hydroxylation is 1. The molecule has 2 aromatic carbocycles. The number of Topliss-reactive ketones (excluding diaryl/α,β-unsaturated/α-hetero) is 1. The van der Waals surface area contributed by atoms with E-state index >= 15 is 0 Å². The highest BCUT2D eigenvalue weighted by atomic mass is 16.5. The average Bonchev–Trinajstić information content (AvgIpc) is 2.65. The van der Waals surface area contributed by atoms with E-state index in [9.17, 15) is 9.59 Å². The summed E-state index contributed by atoms with van der Waals surface area (Å²) < 4.78 is 5.10. The van der Waals surface area contributed by atoms with E-state index in [1.54, 1.807) is 18.2 Å². The molecule has 0 aliphatic rings. The van der Waals surface area contributed by atoms with Crippen molar-refractivity contribution in [3.05, 3.63) is 77.5 Å². The van der Waals surface area contributed by atoms with Crippen molar-refractivity contribution in [2.45, 2.75) is 13.3 Å². The van der Waals surface area contributed by atoms with Crippen LogP contribution in [0.15, 0.2) is 60.7 Å². The second-order valence-corrected chi connectivity index (χ2v) is 5.44. The van der Waals surface area contributed by atoms with Crippen molar-refractivity contribution in [1.82, 2.24) is 4.98 Å². The molecule has 4 heteroatoms. The van der Waals surface area contributed by atoms with Gasteiger partial charge in [-0.15, -0.1) is 0 Å². The van der Waals surface area contributed by atoms with Crippen molar-refractivity contribution in [2.24, 2.45) is 0 Å². The smallest absolute Gasteiger partial charge is 0.357 e. The van der Waals surface area contributed by atoms with E-state index in [2.05, 4.69) is 11.9 Å². The molecular weight excluding hydrogens is 302 g/mol. The summed E-state index contributed by atoms with van der Waals surface area (Å²) in [5.74, 6) is -0.828. The van der Waals surface area contributed by atoms with Crippen molar-refractivity contribution in [3.63, 3.8) is 0 Å². The van der Waals surface area contributed by atoms with Crippen LogP contribution >= 0.6 is 0 Å². The van der Waals surface area contributed by atoms with Crippen LogP contribution in [-0.4, -0.2) is 23.3 Å². The molecule has 0 aliphatic carbocycles. The summed E-state index contributed by atoms with van der Waals surface area (Å²) in [7, 11) is 0. The maximum Gasteiger partial charge on any atom is 0.357 e. The molecule has 1 aromatic heterocycles. The summed E-state index contributed by atoms with van der Waals surface area (Å²) >= 11 is 0. The van der Waals surface area contributed by atoms with Crippen molar-refractivity contribution >= 4 is 22.7 Å². The first kappa shape index (κ1) is 15.9. The van der Waals surface area contributed by atoms with Gasteiger partial charge in [0.05, 0.1) is 5.52 Å². The lowest BCUT2D eigenvalue weighted by atomic mass is 10.1. The highest BCUT2D eigenvalue weighted by molar-refractivity contribution is 5.99. The van der Waals surface area contributed by atoms with E-state index in [0.717, 1.165) is 17.4 Å². The standard InChI is InChI=1S/C20H17NO3/c1-2-14-7-9-16(10-8-14)19(22)13-24-20(23)18-12-11-15-5-3-4-6-17(15)21-18/h3-12H,2,13H2,1H3. The van der Waals surface area contributed by atoms with Crippen LogP contribution < -0.4 is 0 Å². The number of hydrogen-bond donors (Lipinski definition) is 0. The fourth-order valence-corrected chi connectivity index (χ4v) is 2.39. The Hall–Kier alpha value is -3.01. The quantitative estimate of drug-likeness (QED) is 0.529. The van der Waals surface area contributed by atoms with Crippen LogP contribution in [0.3, 0.4) is 0 Å². The Bertz CT molecular complexity index is 885. The molecule has 1 heterocycles. The van der Waals surface area contributed by atoms with Crippen LogP contribution in [0.2, 0.25) is 0 Å². The second kappa shape index (κ2) is 7.04. The first-order valence-electron chi connectivity index (χ1n) is 7.82. The Morgan fingerprint density at radius 2 is 1.71 bits per heavy atom. The molecule has 0 N–H and O–H groups in total. The van der Waals surface area contributed by atoms with Gasteiger partial charge in [-0.05, 0) is 24.1 Å². The number of carbonyl (C=O) groups is 2. The van der Waals surface area contributed by atoms with E-state index in [1.807, 2.05) is 42.5 Å². The number of benzene rings is 2. The van der Waals surface area contributed by atoms with Gasteiger partial charge in [0, 0.05) is 10.9 Å². The number of para-hydroxylation sites is 1. The first-order chi connectivity index (χ1) is 11.7. The summed E-state index contributed by atoms with van der Waals surface area (Å²) in [6.07, 6.45) is 0.914. The lowest BCUT2D eigenvalue weighted by Crippen LogP contribution is -2.15. The molecule has 0 saturated carbocycles. The number of pyridine rings is 1. The molecule has 0 unspecified atom stereocenters. The number of rotatable bonds is 5. The molecule has 24 heavy (non-hydrogen) atoms. The predicted octanol–water partition coefficient (Wildman–Crippen LogP) is 3.84. The van der Waals surface area contributed by atoms with E-state index in [-0.39, 0.29) is 18.1 Å². The first-order valence-corrected chi connectivity index (χ1v) is 7.82. The van der Waals surface area contributed by atoms with Gasteiger partial charge < -0.3 is 4.74 Å².